The molecular formula is C23H25N5O2. The summed E-state index contributed by atoms with van der Waals surface area (Å²) in [5.74, 6) is 1.51. The van der Waals surface area contributed by atoms with Crippen LogP contribution < -0.4 is 4.90 Å². The number of aryl methyl sites for hydroxylation is 2. The number of hydrogen-bond donors (Lipinski definition) is 0. The van der Waals surface area contributed by atoms with Crippen LogP contribution >= 0.6 is 0 Å². The number of carbonyl (C=O) groups excluding carboxylic acids is 1. The maximum Gasteiger partial charge on any atom is 0.259 e. The topological polar surface area (TPSA) is 75.4 Å². The smallest absolute Gasteiger partial charge is 0.259 e. The maximum atomic E-state index is 13.4. The van der Waals surface area contributed by atoms with Crippen LogP contribution in [0.25, 0.3) is 0 Å². The number of amides is 1. The molecule has 1 spiro atoms. The molecule has 0 unspecified atom stereocenters. The van der Waals surface area contributed by atoms with Crippen LogP contribution in [0.15, 0.2) is 47.4 Å². The van der Waals surface area contributed by atoms with Gasteiger partial charge >= 0.3 is 0 Å². The van der Waals surface area contributed by atoms with E-state index in [1.807, 2.05) is 18.0 Å². The first-order valence-electron chi connectivity index (χ1n) is 10.4. The first-order chi connectivity index (χ1) is 14.6. The second kappa shape index (κ2) is 7.23. The van der Waals surface area contributed by atoms with E-state index in [-0.39, 0.29) is 11.3 Å². The number of fused-ring (bicyclic) bond motifs is 2. The van der Waals surface area contributed by atoms with E-state index in [1.165, 1.54) is 11.1 Å². The minimum Gasteiger partial charge on any atom is -0.361 e. The highest BCUT2D eigenvalue weighted by molar-refractivity contribution is 5.96. The van der Waals surface area contributed by atoms with Crippen LogP contribution in [0.2, 0.25) is 0 Å². The first-order valence-corrected chi connectivity index (χ1v) is 10.4. The van der Waals surface area contributed by atoms with Gasteiger partial charge in [-0.25, -0.2) is 4.98 Å². The van der Waals surface area contributed by atoms with Gasteiger partial charge in [-0.2, -0.15) is 0 Å². The summed E-state index contributed by atoms with van der Waals surface area (Å²) in [6.07, 6.45) is 7.18. The molecule has 1 amide bonds. The van der Waals surface area contributed by atoms with Gasteiger partial charge in [-0.1, -0.05) is 29.4 Å². The molecule has 1 saturated heterocycles. The number of hydrogen-bond acceptors (Lipinski definition) is 6. The van der Waals surface area contributed by atoms with Crippen LogP contribution in [-0.2, 0) is 12.0 Å². The molecule has 1 aromatic carbocycles. The average Bonchev–Trinajstić information content (AvgIpc) is 3.12. The van der Waals surface area contributed by atoms with Gasteiger partial charge in [0, 0.05) is 44.0 Å². The molecule has 3 aromatic rings. The van der Waals surface area contributed by atoms with Crippen LogP contribution in [0.4, 0.5) is 5.82 Å². The predicted octanol–water partition coefficient (Wildman–Crippen LogP) is 3.28. The molecule has 4 heterocycles. The largest absolute Gasteiger partial charge is 0.361 e. The zero-order valence-electron chi connectivity index (χ0n) is 17.3. The lowest BCUT2D eigenvalue weighted by atomic mass is 9.68. The van der Waals surface area contributed by atoms with Gasteiger partial charge in [-0.05, 0) is 37.8 Å². The molecule has 0 saturated carbocycles. The average molecular weight is 403 g/mol. The molecule has 154 valence electrons. The molecule has 0 radical (unpaired) electrons. The third-order valence-electron chi connectivity index (χ3n) is 6.57. The predicted molar refractivity (Wildman–Crippen MR) is 112 cm³/mol. The van der Waals surface area contributed by atoms with Gasteiger partial charge in [-0.15, -0.1) is 0 Å². The minimum atomic E-state index is -0.0534. The lowest BCUT2D eigenvalue weighted by molar-refractivity contribution is 0.0645. The Morgan fingerprint density at radius 1 is 1.13 bits per heavy atom. The summed E-state index contributed by atoms with van der Waals surface area (Å²) >= 11 is 0. The maximum absolute atomic E-state index is 13.4. The standard InChI is InChI=1S/C23H25N5O2/c1-16-21(17(2)30-26-16)22(29)28-14-18-5-3-4-6-19(18)23(15-28)7-11-27(12-8-23)20-13-24-9-10-25-20/h3-6,9-10,13H,7-8,11-12,14-15H2,1-2H3. The highest BCUT2D eigenvalue weighted by Crippen LogP contribution is 2.42. The number of rotatable bonds is 2. The van der Waals surface area contributed by atoms with Crippen molar-refractivity contribution < 1.29 is 9.32 Å². The Morgan fingerprint density at radius 2 is 1.93 bits per heavy atom. The second-order valence-corrected chi connectivity index (χ2v) is 8.35. The van der Waals surface area contributed by atoms with Gasteiger partial charge in [0.1, 0.15) is 17.1 Å². The lowest BCUT2D eigenvalue weighted by Gasteiger charge is -2.48. The molecule has 2 aliphatic heterocycles. The van der Waals surface area contributed by atoms with Crippen LogP contribution in [0.1, 0.15) is 45.8 Å². The number of nitrogens with zero attached hydrogens (tertiary/aromatic N) is 5. The molecule has 2 aromatic heterocycles. The summed E-state index contributed by atoms with van der Waals surface area (Å²) in [6, 6.07) is 8.57. The van der Waals surface area contributed by atoms with E-state index in [2.05, 4.69) is 44.3 Å². The monoisotopic (exact) mass is 403 g/mol. The Bertz CT molecular complexity index is 1050. The van der Waals surface area contributed by atoms with E-state index in [0.29, 0.717) is 30.1 Å². The summed E-state index contributed by atoms with van der Waals surface area (Å²) in [5, 5.41) is 3.98. The van der Waals surface area contributed by atoms with E-state index in [9.17, 15) is 4.79 Å². The number of carbonyl (C=O) groups is 1. The molecule has 2 aliphatic rings. The van der Waals surface area contributed by atoms with Crippen molar-refractivity contribution in [2.24, 2.45) is 0 Å². The summed E-state index contributed by atoms with van der Waals surface area (Å²) in [6.45, 7) is 6.74. The molecule has 5 rings (SSSR count). The van der Waals surface area contributed by atoms with Gasteiger partial charge in [0.15, 0.2) is 0 Å². The van der Waals surface area contributed by atoms with Gasteiger partial charge in [0.2, 0.25) is 0 Å². The quantitative estimate of drug-likeness (QED) is 0.654. The van der Waals surface area contributed by atoms with Crippen molar-refractivity contribution in [1.29, 1.82) is 0 Å². The van der Waals surface area contributed by atoms with Crippen molar-refractivity contribution in [1.82, 2.24) is 20.0 Å². The van der Waals surface area contributed by atoms with Gasteiger partial charge in [0.25, 0.3) is 5.91 Å². The zero-order chi connectivity index (χ0) is 20.7. The van der Waals surface area contributed by atoms with Crippen molar-refractivity contribution in [3.05, 3.63) is 71.0 Å². The van der Waals surface area contributed by atoms with Crippen molar-refractivity contribution in [3.63, 3.8) is 0 Å². The third-order valence-corrected chi connectivity index (χ3v) is 6.57. The van der Waals surface area contributed by atoms with Crippen LogP contribution in [0, 0.1) is 13.8 Å². The van der Waals surface area contributed by atoms with Gasteiger partial charge in [0.05, 0.1) is 11.9 Å². The van der Waals surface area contributed by atoms with Crippen molar-refractivity contribution in [3.8, 4) is 0 Å². The van der Waals surface area contributed by atoms with Crippen molar-refractivity contribution in [2.45, 2.75) is 38.6 Å². The lowest BCUT2D eigenvalue weighted by Crippen LogP contribution is -2.53. The fourth-order valence-electron chi connectivity index (χ4n) is 5.02. The molecule has 30 heavy (non-hydrogen) atoms. The van der Waals surface area contributed by atoms with Crippen LogP contribution in [-0.4, -0.2) is 45.6 Å². The van der Waals surface area contributed by atoms with Gasteiger partial charge in [-0.3, -0.25) is 9.78 Å². The Hall–Kier alpha value is -3.22. The molecular weight excluding hydrogens is 378 g/mol. The molecule has 1 fully saturated rings. The first kappa shape index (κ1) is 18.8. The molecule has 0 atom stereocenters. The fourth-order valence-corrected chi connectivity index (χ4v) is 5.02. The number of aromatic nitrogens is 3. The Balaban J connectivity index is 1.45. The third kappa shape index (κ3) is 3.05. The Morgan fingerprint density at radius 3 is 2.63 bits per heavy atom. The van der Waals surface area contributed by atoms with Gasteiger partial charge < -0.3 is 14.3 Å². The van der Waals surface area contributed by atoms with E-state index in [1.54, 1.807) is 19.3 Å². The van der Waals surface area contributed by atoms with Crippen molar-refractivity contribution in [2.75, 3.05) is 24.5 Å². The number of benzene rings is 1. The molecule has 7 heteroatoms. The fraction of sp³-hybridized carbons (Fsp3) is 0.391. The summed E-state index contributed by atoms with van der Waals surface area (Å²) in [7, 11) is 0. The van der Waals surface area contributed by atoms with E-state index >= 15 is 0 Å². The molecule has 0 bridgehead atoms. The molecule has 0 N–H and O–H groups in total. The minimum absolute atomic E-state index is 0.0106. The van der Waals surface area contributed by atoms with E-state index in [0.717, 1.165) is 31.7 Å². The molecule has 0 aliphatic carbocycles. The van der Waals surface area contributed by atoms with E-state index in [4.69, 9.17) is 4.52 Å². The Labute approximate surface area is 175 Å². The van der Waals surface area contributed by atoms with Crippen LogP contribution in [0.3, 0.4) is 0 Å². The highest BCUT2D eigenvalue weighted by Gasteiger charge is 2.44. The number of anilines is 1. The highest BCUT2D eigenvalue weighted by atomic mass is 16.5. The van der Waals surface area contributed by atoms with E-state index < -0.39 is 0 Å². The SMILES string of the molecule is Cc1noc(C)c1C(=O)N1Cc2ccccc2C2(CCN(c3cnccn3)CC2)C1. The normalized spacial score (nSPS) is 17.8. The summed E-state index contributed by atoms with van der Waals surface area (Å²) < 4.78 is 5.26. The zero-order valence-corrected chi connectivity index (χ0v) is 17.3. The Kier molecular flexibility index (Phi) is 4.53. The number of piperidine rings is 1. The van der Waals surface area contributed by atoms with Crippen LogP contribution in [0.5, 0.6) is 0 Å². The molecule has 7 nitrogen and oxygen atoms in total. The second-order valence-electron chi connectivity index (χ2n) is 8.35. The summed E-state index contributed by atoms with van der Waals surface area (Å²) in [5.41, 5.74) is 3.81. The summed E-state index contributed by atoms with van der Waals surface area (Å²) in [4.78, 5) is 26.4. The van der Waals surface area contributed by atoms with Crippen molar-refractivity contribution >= 4 is 11.7 Å².